The van der Waals surface area contributed by atoms with Gasteiger partial charge in [-0.2, -0.15) is 0 Å². The van der Waals surface area contributed by atoms with Gasteiger partial charge in [-0.05, 0) is 25.2 Å². The Labute approximate surface area is 107 Å². The van der Waals surface area contributed by atoms with E-state index in [4.69, 9.17) is 4.74 Å². The number of aromatic nitrogens is 2. The molecule has 1 saturated heterocycles. The number of hydrogen-bond donors (Lipinski definition) is 0. The predicted molar refractivity (Wildman–Crippen MR) is 67.2 cm³/mol. The first-order chi connectivity index (χ1) is 8.81. The summed E-state index contributed by atoms with van der Waals surface area (Å²) in [6, 6.07) is 0. The highest BCUT2D eigenvalue weighted by Crippen LogP contribution is 2.21. The average molecular weight is 249 g/mol. The molecule has 0 aliphatic carbocycles. The quantitative estimate of drug-likeness (QED) is 0.808. The van der Waals surface area contributed by atoms with Gasteiger partial charge in [0.05, 0.1) is 6.20 Å². The second kappa shape index (κ2) is 6.44. The van der Waals surface area contributed by atoms with E-state index in [9.17, 15) is 4.79 Å². The van der Waals surface area contributed by atoms with Gasteiger partial charge in [-0.1, -0.05) is 0 Å². The number of carbonyl (C=O) groups excluding carboxylic acids is 1. The van der Waals surface area contributed by atoms with Gasteiger partial charge in [-0.25, -0.2) is 4.98 Å². The fourth-order valence-electron chi connectivity index (χ4n) is 2.28. The lowest BCUT2D eigenvalue weighted by molar-refractivity contribution is 0.0663. The maximum atomic E-state index is 12.1. The summed E-state index contributed by atoms with van der Waals surface area (Å²) in [5.41, 5.74) is 0.438. The molecule has 1 amide bonds. The van der Waals surface area contributed by atoms with Crippen LogP contribution < -0.4 is 0 Å². The minimum absolute atomic E-state index is 0.00621. The third-order valence-electron chi connectivity index (χ3n) is 3.41. The maximum Gasteiger partial charge on any atom is 0.274 e. The minimum Gasteiger partial charge on any atom is -0.385 e. The molecule has 18 heavy (non-hydrogen) atoms. The molecule has 2 heterocycles. The zero-order valence-corrected chi connectivity index (χ0v) is 10.7. The van der Waals surface area contributed by atoms with Gasteiger partial charge in [0.15, 0.2) is 0 Å². The van der Waals surface area contributed by atoms with Crippen molar-refractivity contribution < 1.29 is 9.53 Å². The third kappa shape index (κ3) is 3.26. The van der Waals surface area contributed by atoms with Crippen LogP contribution in [-0.2, 0) is 4.74 Å². The number of methoxy groups -OCH3 is 1. The fourth-order valence-corrected chi connectivity index (χ4v) is 2.28. The lowest BCUT2D eigenvalue weighted by atomic mass is 9.94. The Morgan fingerprint density at radius 2 is 2.22 bits per heavy atom. The molecule has 2 rings (SSSR count). The molecule has 1 fully saturated rings. The maximum absolute atomic E-state index is 12.1. The Kier molecular flexibility index (Phi) is 4.64. The van der Waals surface area contributed by atoms with Gasteiger partial charge >= 0.3 is 0 Å². The monoisotopic (exact) mass is 249 g/mol. The number of ether oxygens (including phenoxy) is 1. The number of carbonyl (C=O) groups is 1. The van der Waals surface area contributed by atoms with Crippen molar-refractivity contribution in [1.82, 2.24) is 14.9 Å². The third-order valence-corrected chi connectivity index (χ3v) is 3.41. The van der Waals surface area contributed by atoms with Crippen LogP contribution in [0, 0.1) is 5.92 Å². The van der Waals surface area contributed by atoms with Crippen molar-refractivity contribution in [3.05, 3.63) is 24.3 Å². The van der Waals surface area contributed by atoms with Gasteiger partial charge in [0.1, 0.15) is 5.69 Å². The molecule has 1 aromatic heterocycles. The van der Waals surface area contributed by atoms with Crippen molar-refractivity contribution in [3.63, 3.8) is 0 Å². The van der Waals surface area contributed by atoms with E-state index in [0.717, 1.165) is 39.0 Å². The summed E-state index contributed by atoms with van der Waals surface area (Å²) >= 11 is 0. The van der Waals surface area contributed by atoms with Crippen LogP contribution in [0.3, 0.4) is 0 Å². The normalized spacial score (nSPS) is 16.8. The van der Waals surface area contributed by atoms with Crippen LogP contribution in [0.5, 0.6) is 0 Å². The van der Waals surface area contributed by atoms with E-state index in [1.807, 2.05) is 4.90 Å². The van der Waals surface area contributed by atoms with Crippen molar-refractivity contribution in [1.29, 1.82) is 0 Å². The topological polar surface area (TPSA) is 55.3 Å². The van der Waals surface area contributed by atoms with E-state index in [-0.39, 0.29) is 5.91 Å². The largest absolute Gasteiger partial charge is 0.385 e. The number of amides is 1. The molecule has 0 atom stereocenters. The highest BCUT2D eigenvalue weighted by Gasteiger charge is 2.24. The Morgan fingerprint density at radius 1 is 1.44 bits per heavy atom. The first kappa shape index (κ1) is 13.0. The van der Waals surface area contributed by atoms with Crippen LogP contribution in [-0.4, -0.2) is 47.6 Å². The van der Waals surface area contributed by atoms with E-state index >= 15 is 0 Å². The summed E-state index contributed by atoms with van der Waals surface area (Å²) in [7, 11) is 1.73. The Balaban J connectivity index is 1.84. The zero-order chi connectivity index (χ0) is 12.8. The Bertz CT molecular complexity index is 375. The first-order valence-electron chi connectivity index (χ1n) is 6.35. The summed E-state index contributed by atoms with van der Waals surface area (Å²) in [5, 5.41) is 0. The smallest absolute Gasteiger partial charge is 0.274 e. The van der Waals surface area contributed by atoms with E-state index < -0.39 is 0 Å². The predicted octanol–water partition coefficient (Wildman–Crippen LogP) is 1.37. The van der Waals surface area contributed by atoms with Gasteiger partial charge in [-0.3, -0.25) is 9.78 Å². The lowest BCUT2D eigenvalue weighted by Crippen LogP contribution is -2.39. The van der Waals surface area contributed by atoms with Crippen LogP contribution >= 0.6 is 0 Å². The second-order valence-corrected chi connectivity index (χ2v) is 4.61. The average Bonchev–Trinajstić information content (AvgIpc) is 2.46. The summed E-state index contributed by atoms with van der Waals surface area (Å²) in [6.07, 6.45) is 7.85. The first-order valence-corrected chi connectivity index (χ1v) is 6.35. The molecule has 5 heteroatoms. The fraction of sp³-hybridized carbons (Fsp3) is 0.615. The molecule has 1 aliphatic rings. The molecule has 0 saturated carbocycles. The Morgan fingerprint density at radius 3 is 2.83 bits per heavy atom. The van der Waals surface area contributed by atoms with Gasteiger partial charge in [0.2, 0.25) is 0 Å². The van der Waals surface area contributed by atoms with Gasteiger partial charge in [0.25, 0.3) is 5.91 Å². The molecule has 0 spiro atoms. The molecule has 1 aliphatic heterocycles. The van der Waals surface area contributed by atoms with Crippen LogP contribution in [0.1, 0.15) is 29.8 Å². The molecular formula is C13H19N3O2. The number of likely N-dealkylation sites (tertiary alicyclic amines) is 1. The molecule has 0 N–H and O–H groups in total. The van der Waals surface area contributed by atoms with E-state index in [2.05, 4.69) is 9.97 Å². The highest BCUT2D eigenvalue weighted by molar-refractivity contribution is 5.91. The van der Waals surface area contributed by atoms with Crippen molar-refractivity contribution in [3.8, 4) is 0 Å². The van der Waals surface area contributed by atoms with E-state index in [1.165, 1.54) is 6.20 Å². The minimum atomic E-state index is -0.00621. The van der Waals surface area contributed by atoms with Gasteiger partial charge in [0, 0.05) is 39.2 Å². The van der Waals surface area contributed by atoms with Crippen molar-refractivity contribution in [2.45, 2.75) is 19.3 Å². The number of nitrogens with zero attached hydrogens (tertiary/aromatic N) is 3. The summed E-state index contributed by atoms with van der Waals surface area (Å²) in [5.74, 6) is 0.671. The van der Waals surface area contributed by atoms with Crippen LogP contribution in [0.15, 0.2) is 18.6 Å². The molecule has 0 bridgehead atoms. The molecule has 5 nitrogen and oxygen atoms in total. The van der Waals surface area contributed by atoms with Crippen molar-refractivity contribution in [2.75, 3.05) is 26.8 Å². The molecule has 0 aromatic carbocycles. The summed E-state index contributed by atoms with van der Waals surface area (Å²) in [6.45, 7) is 2.43. The summed E-state index contributed by atoms with van der Waals surface area (Å²) in [4.78, 5) is 22.0. The van der Waals surface area contributed by atoms with Gasteiger partial charge < -0.3 is 9.64 Å². The molecule has 0 unspecified atom stereocenters. The standard InChI is InChI=1S/C13H19N3O2/c1-18-9-4-11-2-7-16(8-3-11)13(17)12-10-14-5-6-15-12/h5-6,10-11H,2-4,7-9H2,1H3. The number of piperidine rings is 1. The van der Waals surface area contributed by atoms with E-state index in [0.29, 0.717) is 11.6 Å². The summed E-state index contributed by atoms with van der Waals surface area (Å²) < 4.78 is 5.09. The number of hydrogen-bond acceptors (Lipinski definition) is 4. The van der Waals surface area contributed by atoms with Crippen molar-refractivity contribution in [2.24, 2.45) is 5.92 Å². The van der Waals surface area contributed by atoms with E-state index in [1.54, 1.807) is 19.5 Å². The molecule has 98 valence electrons. The SMILES string of the molecule is COCCC1CCN(C(=O)c2cnccn2)CC1. The zero-order valence-electron chi connectivity index (χ0n) is 10.7. The second-order valence-electron chi connectivity index (χ2n) is 4.61. The van der Waals surface area contributed by atoms with Crippen LogP contribution in [0.25, 0.3) is 0 Å². The molecule has 0 radical (unpaired) electrons. The Hall–Kier alpha value is -1.49. The molecule has 1 aromatic rings. The lowest BCUT2D eigenvalue weighted by Gasteiger charge is -2.31. The highest BCUT2D eigenvalue weighted by atomic mass is 16.5. The van der Waals surface area contributed by atoms with Crippen molar-refractivity contribution >= 4 is 5.91 Å². The number of rotatable bonds is 4. The van der Waals surface area contributed by atoms with Crippen LogP contribution in [0.2, 0.25) is 0 Å². The molecular weight excluding hydrogens is 230 g/mol. The van der Waals surface area contributed by atoms with Gasteiger partial charge in [-0.15, -0.1) is 0 Å². The van der Waals surface area contributed by atoms with Crippen LogP contribution in [0.4, 0.5) is 0 Å².